The van der Waals surface area contributed by atoms with E-state index in [1.807, 2.05) is 24.3 Å². The number of benzene rings is 1. The van der Waals surface area contributed by atoms with Gasteiger partial charge < -0.3 is 4.74 Å². The third kappa shape index (κ3) is 3.02. The highest BCUT2D eigenvalue weighted by Gasteiger charge is 2.04. The molecular weight excluding hydrogens is 347 g/mol. The number of ether oxygens (including phenoxy) is 1. The van der Waals surface area contributed by atoms with Gasteiger partial charge in [0.2, 0.25) is 4.47 Å². The lowest BCUT2D eigenvalue weighted by Gasteiger charge is -2.04. The summed E-state index contributed by atoms with van der Waals surface area (Å²) < 4.78 is 7.09. The van der Waals surface area contributed by atoms with Gasteiger partial charge in [-0.2, -0.15) is 0 Å². The van der Waals surface area contributed by atoms with Crippen LogP contribution >= 0.6 is 45.5 Å². The zero-order chi connectivity index (χ0) is 10.7. The van der Waals surface area contributed by atoms with Gasteiger partial charge >= 0.3 is 0 Å². The van der Waals surface area contributed by atoms with E-state index in [4.69, 9.17) is 16.3 Å². The molecule has 0 fully saturated rings. The fraction of sp³-hybridized carbons (Fsp3) is 0.111. The van der Waals surface area contributed by atoms with Crippen molar-refractivity contribution in [1.82, 2.24) is 10.2 Å². The van der Waals surface area contributed by atoms with Gasteiger partial charge in [-0.05, 0) is 46.3 Å². The topological polar surface area (TPSA) is 35.0 Å². The van der Waals surface area contributed by atoms with Gasteiger partial charge in [0.1, 0.15) is 12.4 Å². The van der Waals surface area contributed by atoms with Crippen LogP contribution in [-0.4, -0.2) is 10.2 Å². The first-order valence-electron chi connectivity index (χ1n) is 4.11. The summed E-state index contributed by atoms with van der Waals surface area (Å²) in [5.41, 5.74) is 0. The number of aromatic nitrogens is 2. The molecule has 6 heteroatoms. The van der Waals surface area contributed by atoms with Gasteiger partial charge in [-0.25, -0.2) is 0 Å². The molecule has 0 aliphatic rings. The molecule has 0 bridgehead atoms. The second-order valence-corrected chi connectivity index (χ2v) is 5.47. The summed E-state index contributed by atoms with van der Waals surface area (Å²) >= 11 is 9.21. The first kappa shape index (κ1) is 11.1. The number of hydrogen-bond acceptors (Lipinski definition) is 4. The molecule has 2 rings (SSSR count). The number of hydrogen-bond donors (Lipinski definition) is 0. The molecule has 0 saturated heterocycles. The smallest absolute Gasteiger partial charge is 0.207 e. The highest BCUT2D eigenvalue weighted by atomic mass is 127. The number of nitrogens with zero attached hydrogens (tertiary/aromatic N) is 2. The van der Waals surface area contributed by atoms with Crippen molar-refractivity contribution in [2.45, 2.75) is 6.61 Å². The van der Waals surface area contributed by atoms with Crippen LogP contribution in [0.15, 0.2) is 24.3 Å². The summed E-state index contributed by atoms with van der Waals surface area (Å²) in [5, 5.41) is 8.35. The van der Waals surface area contributed by atoms with Crippen LogP contribution in [0.2, 0.25) is 4.47 Å². The first-order chi connectivity index (χ1) is 7.25. The lowest BCUT2D eigenvalue weighted by Crippen LogP contribution is -1.96. The Bertz CT molecular complexity index is 463. The van der Waals surface area contributed by atoms with Crippen molar-refractivity contribution in [3.05, 3.63) is 37.3 Å². The molecule has 0 radical (unpaired) electrons. The molecule has 0 aliphatic heterocycles. The van der Waals surface area contributed by atoms with Crippen LogP contribution in [0.1, 0.15) is 5.01 Å². The monoisotopic (exact) mass is 352 g/mol. The largest absolute Gasteiger partial charge is 0.485 e. The van der Waals surface area contributed by atoms with Gasteiger partial charge in [0, 0.05) is 0 Å². The molecule has 1 aromatic heterocycles. The third-order valence-electron chi connectivity index (χ3n) is 1.63. The van der Waals surface area contributed by atoms with E-state index in [-0.39, 0.29) is 0 Å². The summed E-state index contributed by atoms with van der Waals surface area (Å²) in [7, 11) is 0. The molecule has 0 saturated carbocycles. The van der Waals surface area contributed by atoms with E-state index < -0.39 is 0 Å². The van der Waals surface area contributed by atoms with Gasteiger partial charge in [0.15, 0.2) is 5.01 Å². The minimum absolute atomic E-state index is 0.407. The van der Waals surface area contributed by atoms with Crippen LogP contribution in [0.3, 0.4) is 0 Å². The van der Waals surface area contributed by atoms with Crippen LogP contribution in [-0.2, 0) is 6.61 Å². The molecule has 0 N–H and O–H groups in total. The predicted molar refractivity (Wildman–Crippen MR) is 68.4 cm³/mol. The number of halogens is 2. The van der Waals surface area contributed by atoms with E-state index in [1.165, 1.54) is 11.3 Å². The van der Waals surface area contributed by atoms with Crippen molar-refractivity contribution >= 4 is 45.5 Å². The van der Waals surface area contributed by atoms with Gasteiger partial charge in [-0.15, -0.1) is 10.2 Å². The van der Waals surface area contributed by atoms with E-state index in [0.29, 0.717) is 11.1 Å². The lowest BCUT2D eigenvalue weighted by molar-refractivity contribution is 0.302. The second kappa shape index (κ2) is 5.09. The summed E-state index contributed by atoms with van der Waals surface area (Å²) in [6.07, 6.45) is 0. The molecule has 1 heterocycles. The average Bonchev–Trinajstić information content (AvgIpc) is 2.63. The molecule has 0 amide bonds. The first-order valence-corrected chi connectivity index (χ1v) is 6.38. The van der Waals surface area contributed by atoms with E-state index >= 15 is 0 Å². The zero-order valence-corrected chi connectivity index (χ0v) is 11.2. The maximum absolute atomic E-state index is 5.66. The zero-order valence-electron chi connectivity index (χ0n) is 7.48. The Kier molecular flexibility index (Phi) is 3.76. The van der Waals surface area contributed by atoms with Crippen LogP contribution in [0.5, 0.6) is 5.75 Å². The van der Waals surface area contributed by atoms with E-state index in [9.17, 15) is 0 Å². The van der Waals surface area contributed by atoms with Crippen molar-refractivity contribution in [3.8, 4) is 5.75 Å². The second-order valence-electron chi connectivity index (χ2n) is 2.67. The van der Waals surface area contributed by atoms with Crippen molar-refractivity contribution in [2.75, 3.05) is 0 Å². The molecule has 78 valence electrons. The molecule has 0 aliphatic carbocycles. The maximum atomic E-state index is 5.66. The summed E-state index contributed by atoms with van der Waals surface area (Å²) in [4.78, 5) is 0. The standard InChI is InChI=1S/C9H6ClIN2OS/c10-9-13-12-8(15-9)5-14-7-4-2-1-3-6(7)11/h1-4H,5H2. The SMILES string of the molecule is Clc1nnc(COc2ccccc2I)s1. The van der Waals surface area contributed by atoms with Gasteiger partial charge in [0.05, 0.1) is 3.57 Å². The molecule has 2 aromatic rings. The van der Waals surface area contributed by atoms with Crippen LogP contribution in [0, 0.1) is 3.57 Å². The minimum atomic E-state index is 0.407. The van der Waals surface area contributed by atoms with Crippen LogP contribution < -0.4 is 4.74 Å². The van der Waals surface area contributed by atoms with Gasteiger partial charge in [0.25, 0.3) is 0 Å². The van der Waals surface area contributed by atoms with Crippen molar-refractivity contribution < 1.29 is 4.74 Å². The Morgan fingerprint density at radius 2 is 2.13 bits per heavy atom. The van der Waals surface area contributed by atoms with Crippen molar-refractivity contribution in [1.29, 1.82) is 0 Å². The number of para-hydroxylation sites is 1. The Morgan fingerprint density at radius 1 is 1.33 bits per heavy atom. The van der Waals surface area contributed by atoms with Crippen LogP contribution in [0.25, 0.3) is 0 Å². The molecule has 15 heavy (non-hydrogen) atoms. The summed E-state index contributed by atoms with van der Waals surface area (Å²) in [5.74, 6) is 0.851. The lowest BCUT2D eigenvalue weighted by atomic mass is 10.3. The van der Waals surface area contributed by atoms with Crippen LogP contribution in [0.4, 0.5) is 0 Å². The van der Waals surface area contributed by atoms with E-state index in [1.54, 1.807) is 0 Å². The predicted octanol–water partition coefficient (Wildman–Crippen LogP) is 3.38. The Balaban J connectivity index is 2.02. The summed E-state index contributed by atoms with van der Waals surface area (Å²) in [6.45, 7) is 0.407. The van der Waals surface area contributed by atoms with E-state index in [2.05, 4.69) is 32.8 Å². The molecule has 3 nitrogen and oxygen atoms in total. The average molecular weight is 353 g/mol. The number of rotatable bonds is 3. The fourth-order valence-electron chi connectivity index (χ4n) is 0.993. The highest BCUT2D eigenvalue weighted by molar-refractivity contribution is 14.1. The van der Waals surface area contributed by atoms with E-state index in [0.717, 1.165) is 14.3 Å². The fourth-order valence-corrected chi connectivity index (χ4v) is 2.32. The Morgan fingerprint density at radius 3 is 2.80 bits per heavy atom. The summed E-state index contributed by atoms with van der Waals surface area (Å²) in [6, 6.07) is 7.81. The van der Waals surface area contributed by atoms with Gasteiger partial charge in [-0.1, -0.05) is 23.5 Å². The van der Waals surface area contributed by atoms with Crippen molar-refractivity contribution in [2.24, 2.45) is 0 Å². The quantitative estimate of drug-likeness (QED) is 0.795. The Labute approximate surface area is 110 Å². The molecule has 1 aromatic carbocycles. The molecule has 0 atom stereocenters. The minimum Gasteiger partial charge on any atom is -0.485 e. The molecule has 0 unspecified atom stereocenters. The highest BCUT2D eigenvalue weighted by Crippen LogP contribution is 2.22. The molecular formula is C9H6ClIN2OS. The normalized spacial score (nSPS) is 10.3. The maximum Gasteiger partial charge on any atom is 0.207 e. The van der Waals surface area contributed by atoms with Gasteiger partial charge in [-0.3, -0.25) is 0 Å². The third-order valence-corrected chi connectivity index (χ3v) is 3.51. The molecule has 0 spiro atoms. The Hall–Kier alpha value is -0.400. The van der Waals surface area contributed by atoms with Crippen molar-refractivity contribution in [3.63, 3.8) is 0 Å².